The Balaban J connectivity index is 1.92. The molecular weight excluding hydrogens is 362 g/mol. The van der Waals surface area contributed by atoms with Gasteiger partial charge in [-0.15, -0.1) is 0 Å². The van der Waals surface area contributed by atoms with Crippen molar-refractivity contribution in [2.24, 2.45) is 5.92 Å². The number of carbonyl (C=O) groups is 4. The zero-order valence-corrected chi connectivity index (χ0v) is 16.4. The third-order valence-corrected chi connectivity index (χ3v) is 4.27. The van der Waals surface area contributed by atoms with E-state index >= 15 is 0 Å². The van der Waals surface area contributed by atoms with Gasteiger partial charge < -0.3 is 20.7 Å². The van der Waals surface area contributed by atoms with Crippen molar-refractivity contribution in [3.05, 3.63) is 29.8 Å². The number of hydrogen-bond acceptors (Lipinski definition) is 5. The third kappa shape index (κ3) is 6.68. The van der Waals surface area contributed by atoms with Crippen LogP contribution in [0.15, 0.2) is 24.3 Å². The maximum absolute atomic E-state index is 12.5. The fourth-order valence-electron chi connectivity index (χ4n) is 2.55. The summed E-state index contributed by atoms with van der Waals surface area (Å²) in [5, 5.41) is 7.73. The Morgan fingerprint density at radius 2 is 1.75 bits per heavy atom. The molecule has 28 heavy (non-hydrogen) atoms. The molecule has 2 rings (SSSR count). The molecule has 0 saturated heterocycles. The Hall–Kier alpha value is -2.90. The molecule has 1 aliphatic rings. The summed E-state index contributed by atoms with van der Waals surface area (Å²) in [6, 6.07) is 5.78. The summed E-state index contributed by atoms with van der Waals surface area (Å²) in [5.41, 5.74) is 0.391. The number of nitrogens with one attached hydrogen (secondary N) is 3. The van der Waals surface area contributed by atoms with E-state index in [0.29, 0.717) is 17.7 Å². The molecule has 1 fully saturated rings. The molecule has 0 bridgehead atoms. The van der Waals surface area contributed by atoms with Gasteiger partial charge in [-0.1, -0.05) is 13.8 Å². The monoisotopic (exact) mass is 389 g/mol. The Morgan fingerprint density at radius 1 is 1.11 bits per heavy atom. The van der Waals surface area contributed by atoms with Crippen molar-refractivity contribution >= 4 is 23.5 Å². The molecule has 0 heterocycles. The molecule has 3 amide bonds. The lowest BCUT2D eigenvalue weighted by Crippen LogP contribution is -2.49. The number of carbonyl (C=O) groups excluding carboxylic acids is 4. The van der Waals surface area contributed by atoms with Gasteiger partial charge in [0.2, 0.25) is 11.7 Å². The van der Waals surface area contributed by atoms with E-state index in [-0.39, 0.29) is 12.0 Å². The van der Waals surface area contributed by atoms with Crippen LogP contribution in [0.4, 0.5) is 0 Å². The summed E-state index contributed by atoms with van der Waals surface area (Å²) in [6.07, 6.45) is 2.15. The molecule has 1 aromatic carbocycles. The molecule has 0 radical (unpaired) electrons. The predicted octanol–water partition coefficient (Wildman–Crippen LogP) is 0.804. The second kappa shape index (κ2) is 9.87. The standard InChI is InChI=1S/C20H27N3O5/c1-12(2)10-16(23-18(25)13-4-8-15(28-3)9-5-13)19(26)21-11-17(24)20(27)22-14-6-7-14/h4-5,8-9,12,14,16H,6-7,10-11H2,1-3H3,(H,21,26)(H,22,27)(H,23,25)/t16-/m0/s1. The van der Waals surface area contributed by atoms with Crippen molar-refractivity contribution in [1.82, 2.24) is 16.0 Å². The van der Waals surface area contributed by atoms with Crippen molar-refractivity contribution in [2.45, 2.75) is 45.2 Å². The SMILES string of the molecule is COc1ccc(C(=O)N[C@@H](CC(C)C)C(=O)NCC(=O)C(=O)NC2CC2)cc1. The Labute approximate surface area is 164 Å². The first-order valence-electron chi connectivity index (χ1n) is 9.36. The van der Waals surface area contributed by atoms with Crippen molar-refractivity contribution in [2.75, 3.05) is 13.7 Å². The first kappa shape index (κ1) is 21.4. The molecule has 1 atom stereocenters. The number of amides is 3. The highest BCUT2D eigenvalue weighted by atomic mass is 16.5. The van der Waals surface area contributed by atoms with Gasteiger partial charge in [0.1, 0.15) is 11.8 Å². The third-order valence-electron chi connectivity index (χ3n) is 4.27. The van der Waals surface area contributed by atoms with E-state index in [1.54, 1.807) is 24.3 Å². The van der Waals surface area contributed by atoms with Crippen LogP contribution in [0.1, 0.15) is 43.5 Å². The fourth-order valence-corrected chi connectivity index (χ4v) is 2.55. The predicted molar refractivity (Wildman–Crippen MR) is 103 cm³/mol. The highest BCUT2D eigenvalue weighted by Gasteiger charge is 2.27. The Morgan fingerprint density at radius 3 is 2.29 bits per heavy atom. The molecule has 8 nitrogen and oxygen atoms in total. The fraction of sp³-hybridized carbons (Fsp3) is 0.500. The second-order valence-electron chi connectivity index (χ2n) is 7.27. The zero-order valence-electron chi connectivity index (χ0n) is 16.4. The van der Waals surface area contributed by atoms with Gasteiger partial charge in [-0.05, 0) is 49.4 Å². The average molecular weight is 389 g/mol. The maximum atomic E-state index is 12.5. The molecule has 1 saturated carbocycles. The van der Waals surface area contributed by atoms with Crippen molar-refractivity contribution < 1.29 is 23.9 Å². The van der Waals surface area contributed by atoms with E-state index in [4.69, 9.17) is 4.74 Å². The lowest BCUT2D eigenvalue weighted by molar-refractivity contribution is -0.138. The van der Waals surface area contributed by atoms with E-state index in [0.717, 1.165) is 12.8 Å². The second-order valence-corrected chi connectivity index (χ2v) is 7.27. The highest BCUT2D eigenvalue weighted by molar-refractivity contribution is 6.37. The summed E-state index contributed by atoms with van der Waals surface area (Å²) >= 11 is 0. The minimum atomic E-state index is -0.811. The van der Waals surface area contributed by atoms with Crippen LogP contribution in [0.5, 0.6) is 5.75 Å². The molecule has 0 spiro atoms. The first-order chi connectivity index (χ1) is 13.3. The number of Topliss-reactive ketones (excluding diaryl/α,β-unsaturated/α-hetero) is 1. The van der Waals surface area contributed by atoms with Gasteiger partial charge in [-0.25, -0.2) is 0 Å². The van der Waals surface area contributed by atoms with Crippen LogP contribution in [0, 0.1) is 5.92 Å². The van der Waals surface area contributed by atoms with E-state index in [9.17, 15) is 19.2 Å². The number of methoxy groups -OCH3 is 1. The summed E-state index contributed by atoms with van der Waals surface area (Å²) in [4.78, 5) is 48.4. The van der Waals surface area contributed by atoms with E-state index in [2.05, 4.69) is 16.0 Å². The lowest BCUT2D eigenvalue weighted by Gasteiger charge is -2.20. The van der Waals surface area contributed by atoms with Crippen LogP contribution >= 0.6 is 0 Å². The largest absolute Gasteiger partial charge is 0.497 e. The highest BCUT2D eigenvalue weighted by Crippen LogP contribution is 2.18. The number of benzene rings is 1. The van der Waals surface area contributed by atoms with Gasteiger partial charge in [0.25, 0.3) is 11.8 Å². The molecule has 8 heteroatoms. The quantitative estimate of drug-likeness (QED) is 0.512. The molecule has 1 aromatic rings. The van der Waals surface area contributed by atoms with Gasteiger partial charge in [-0.2, -0.15) is 0 Å². The number of hydrogen-bond donors (Lipinski definition) is 3. The van der Waals surface area contributed by atoms with E-state index in [1.165, 1.54) is 7.11 Å². The summed E-state index contributed by atoms with van der Waals surface area (Å²) in [6.45, 7) is 3.45. The van der Waals surface area contributed by atoms with Crippen LogP contribution in [0.3, 0.4) is 0 Å². The normalized spacial score (nSPS) is 14.1. The topological polar surface area (TPSA) is 114 Å². The van der Waals surface area contributed by atoms with E-state index < -0.39 is 36.1 Å². The average Bonchev–Trinajstić information content (AvgIpc) is 3.48. The Kier molecular flexibility index (Phi) is 7.54. The molecule has 0 unspecified atom stereocenters. The van der Waals surface area contributed by atoms with Crippen molar-refractivity contribution in [1.29, 1.82) is 0 Å². The van der Waals surface area contributed by atoms with Gasteiger partial charge in [-0.3, -0.25) is 19.2 Å². The molecule has 0 aromatic heterocycles. The van der Waals surface area contributed by atoms with Crippen LogP contribution < -0.4 is 20.7 Å². The summed E-state index contributed by atoms with van der Waals surface area (Å²) < 4.78 is 5.06. The smallest absolute Gasteiger partial charge is 0.289 e. The minimum absolute atomic E-state index is 0.0737. The number of ketones is 1. The van der Waals surface area contributed by atoms with Crippen molar-refractivity contribution in [3.63, 3.8) is 0 Å². The summed E-state index contributed by atoms with van der Waals surface area (Å²) in [7, 11) is 1.53. The van der Waals surface area contributed by atoms with Gasteiger partial charge >= 0.3 is 0 Å². The van der Waals surface area contributed by atoms with Crippen LogP contribution in [-0.2, 0) is 14.4 Å². The first-order valence-corrected chi connectivity index (χ1v) is 9.36. The maximum Gasteiger partial charge on any atom is 0.289 e. The molecule has 1 aliphatic carbocycles. The summed E-state index contributed by atoms with van der Waals surface area (Å²) in [5.74, 6) is -1.53. The molecule has 3 N–H and O–H groups in total. The van der Waals surface area contributed by atoms with Crippen LogP contribution in [0.25, 0.3) is 0 Å². The van der Waals surface area contributed by atoms with Crippen LogP contribution in [0.2, 0.25) is 0 Å². The molecule has 152 valence electrons. The lowest BCUT2D eigenvalue weighted by atomic mass is 10.0. The number of ether oxygens (including phenoxy) is 1. The zero-order chi connectivity index (χ0) is 20.7. The van der Waals surface area contributed by atoms with Crippen LogP contribution in [-0.4, -0.2) is 49.2 Å². The van der Waals surface area contributed by atoms with Gasteiger partial charge in [0, 0.05) is 11.6 Å². The Bertz CT molecular complexity index is 726. The van der Waals surface area contributed by atoms with E-state index in [1.807, 2.05) is 13.8 Å². The van der Waals surface area contributed by atoms with Crippen molar-refractivity contribution in [3.8, 4) is 5.75 Å². The van der Waals surface area contributed by atoms with Gasteiger partial charge in [0.15, 0.2) is 0 Å². The molecule has 0 aliphatic heterocycles. The molecular formula is C20H27N3O5. The number of rotatable bonds is 10. The van der Waals surface area contributed by atoms with Gasteiger partial charge in [0.05, 0.1) is 13.7 Å². The minimum Gasteiger partial charge on any atom is -0.497 e.